The highest BCUT2D eigenvalue weighted by molar-refractivity contribution is 6.46. The molecule has 1 saturated heterocycles. The van der Waals surface area contributed by atoms with E-state index in [2.05, 4.69) is 0 Å². The number of amides is 1. The SMILES string of the molecule is COC(CN1C(=O)C(=O)C(=C(O)c2ccccc2)C1c1cccc(O)c1)OC. The summed E-state index contributed by atoms with van der Waals surface area (Å²) in [5.41, 5.74) is 0.857. The fraction of sp³-hybridized carbons (Fsp3) is 0.238. The second-order valence-electron chi connectivity index (χ2n) is 6.31. The number of benzene rings is 2. The molecule has 2 aromatic carbocycles. The van der Waals surface area contributed by atoms with E-state index in [1.165, 1.54) is 31.3 Å². The van der Waals surface area contributed by atoms with E-state index in [1.54, 1.807) is 42.5 Å². The van der Waals surface area contributed by atoms with E-state index < -0.39 is 24.0 Å². The molecule has 1 aliphatic heterocycles. The number of rotatable bonds is 6. The molecule has 0 spiro atoms. The zero-order valence-electron chi connectivity index (χ0n) is 15.5. The first-order chi connectivity index (χ1) is 13.5. The Morgan fingerprint density at radius 2 is 1.75 bits per heavy atom. The van der Waals surface area contributed by atoms with Gasteiger partial charge in [0, 0.05) is 19.8 Å². The molecular formula is C21H21NO6. The van der Waals surface area contributed by atoms with Crippen LogP contribution in [0.5, 0.6) is 5.75 Å². The number of nitrogens with zero attached hydrogens (tertiary/aromatic N) is 1. The molecule has 0 radical (unpaired) electrons. The average Bonchev–Trinajstić information content (AvgIpc) is 2.96. The molecule has 3 rings (SSSR count). The maximum Gasteiger partial charge on any atom is 0.295 e. The van der Waals surface area contributed by atoms with Crippen molar-refractivity contribution in [1.29, 1.82) is 0 Å². The Kier molecular flexibility index (Phi) is 5.77. The van der Waals surface area contributed by atoms with Crippen LogP contribution in [-0.4, -0.2) is 53.9 Å². The third-order valence-corrected chi connectivity index (χ3v) is 4.64. The molecule has 0 bridgehead atoms. The van der Waals surface area contributed by atoms with Gasteiger partial charge in [-0.3, -0.25) is 9.59 Å². The normalized spacial score (nSPS) is 18.8. The minimum absolute atomic E-state index is 0.0159. The predicted octanol–water partition coefficient (Wildman–Crippen LogP) is 2.43. The van der Waals surface area contributed by atoms with Gasteiger partial charge in [0.2, 0.25) is 0 Å². The molecule has 2 aromatic rings. The van der Waals surface area contributed by atoms with Gasteiger partial charge in [-0.05, 0) is 17.7 Å². The molecule has 1 fully saturated rings. The van der Waals surface area contributed by atoms with Crippen molar-refractivity contribution in [1.82, 2.24) is 4.90 Å². The smallest absolute Gasteiger partial charge is 0.295 e. The number of carbonyl (C=O) groups is 2. The molecule has 1 aliphatic rings. The number of aliphatic hydroxyl groups is 1. The number of carbonyl (C=O) groups excluding carboxylic acids is 2. The number of aromatic hydroxyl groups is 1. The molecule has 1 unspecified atom stereocenters. The number of Topliss-reactive ketones (excluding diaryl/α,β-unsaturated/α-hetero) is 1. The molecule has 1 heterocycles. The number of ketones is 1. The molecule has 2 N–H and O–H groups in total. The number of hydrogen-bond acceptors (Lipinski definition) is 6. The highest BCUT2D eigenvalue weighted by Crippen LogP contribution is 2.40. The molecule has 146 valence electrons. The lowest BCUT2D eigenvalue weighted by Gasteiger charge is -2.28. The van der Waals surface area contributed by atoms with Gasteiger partial charge >= 0.3 is 0 Å². The van der Waals surface area contributed by atoms with Gasteiger partial charge in [-0.15, -0.1) is 0 Å². The van der Waals surface area contributed by atoms with Crippen molar-refractivity contribution in [2.75, 3.05) is 20.8 Å². The summed E-state index contributed by atoms with van der Waals surface area (Å²) in [6.45, 7) is -0.0243. The Hall–Kier alpha value is -3.16. The summed E-state index contributed by atoms with van der Waals surface area (Å²) >= 11 is 0. The van der Waals surface area contributed by atoms with Crippen LogP contribution in [0.4, 0.5) is 0 Å². The summed E-state index contributed by atoms with van der Waals surface area (Å²) in [7, 11) is 2.86. The van der Waals surface area contributed by atoms with Crippen LogP contribution < -0.4 is 0 Å². The van der Waals surface area contributed by atoms with Crippen molar-refractivity contribution in [3.63, 3.8) is 0 Å². The van der Waals surface area contributed by atoms with Gasteiger partial charge in [0.15, 0.2) is 6.29 Å². The van der Waals surface area contributed by atoms with Crippen LogP contribution in [0.15, 0.2) is 60.2 Å². The molecule has 0 saturated carbocycles. The van der Waals surface area contributed by atoms with Crippen molar-refractivity contribution < 1.29 is 29.3 Å². The maximum atomic E-state index is 12.8. The van der Waals surface area contributed by atoms with Crippen molar-refractivity contribution in [3.05, 3.63) is 71.3 Å². The maximum absolute atomic E-state index is 12.8. The lowest BCUT2D eigenvalue weighted by molar-refractivity contribution is -0.149. The van der Waals surface area contributed by atoms with Crippen LogP contribution in [0.3, 0.4) is 0 Å². The van der Waals surface area contributed by atoms with E-state index in [4.69, 9.17) is 9.47 Å². The van der Waals surface area contributed by atoms with Crippen LogP contribution in [0, 0.1) is 0 Å². The number of ether oxygens (including phenoxy) is 2. The number of hydrogen-bond donors (Lipinski definition) is 2. The summed E-state index contributed by atoms with van der Waals surface area (Å²) < 4.78 is 10.4. The number of aliphatic hydroxyl groups excluding tert-OH is 1. The Labute approximate surface area is 162 Å². The summed E-state index contributed by atoms with van der Waals surface area (Å²) in [5, 5.41) is 20.7. The van der Waals surface area contributed by atoms with Crippen LogP contribution in [0.2, 0.25) is 0 Å². The highest BCUT2D eigenvalue weighted by atomic mass is 16.7. The van der Waals surface area contributed by atoms with Gasteiger partial charge in [0.1, 0.15) is 11.5 Å². The fourth-order valence-corrected chi connectivity index (χ4v) is 3.27. The van der Waals surface area contributed by atoms with Crippen molar-refractivity contribution >= 4 is 17.4 Å². The molecule has 0 aliphatic carbocycles. The first kappa shape index (κ1) is 19.6. The lowest BCUT2D eigenvalue weighted by atomic mass is 9.95. The second-order valence-corrected chi connectivity index (χ2v) is 6.31. The Morgan fingerprint density at radius 3 is 2.36 bits per heavy atom. The quantitative estimate of drug-likeness (QED) is 0.344. The molecule has 7 nitrogen and oxygen atoms in total. The Bertz CT molecular complexity index is 904. The summed E-state index contributed by atoms with van der Waals surface area (Å²) in [4.78, 5) is 26.8. The molecule has 1 amide bonds. The highest BCUT2D eigenvalue weighted by Gasteiger charge is 2.46. The monoisotopic (exact) mass is 383 g/mol. The average molecular weight is 383 g/mol. The van der Waals surface area contributed by atoms with E-state index in [-0.39, 0.29) is 23.6 Å². The van der Waals surface area contributed by atoms with E-state index >= 15 is 0 Å². The zero-order chi connectivity index (χ0) is 20.3. The van der Waals surface area contributed by atoms with Gasteiger partial charge in [-0.2, -0.15) is 0 Å². The zero-order valence-corrected chi connectivity index (χ0v) is 15.5. The standard InChI is InChI=1S/C21H21NO6/c1-27-16(28-2)12-22-18(14-9-6-10-15(23)11-14)17(20(25)21(22)26)19(24)13-7-4-3-5-8-13/h3-11,16,18,23-24H,12H2,1-2H3. The van der Waals surface area contributed by atoms with E-state index in [0.29, 0.717) is 11.1 Å². The summed E-state index contributed by atoms with van der Waals surface area (Å²) in [6, 6.07) is 13.9. The van der Waals surface area contributed by atoms with Crippen molar-refractivity contribution in [2.24, 2.45) is 0 Å². The first-order valence-corrected chi connectivity index (χ1v) is 8.66. The second kappa shape index (κ2) is 8.24. The topological polar surface area (TPSA) is 96.3 Å². The third-order valence-electron chi connectivity index (χ3n) is 4.64. The minimum Gasteiger partial charge on any atom is -0.508 e. The van der Waals surface area contributed by atoms with E-state index in [0.717, 1.165) is 0 Å². The van der Waals surface area contributed by atoms with Gasteiger partial charge in [0.25, 0.3) is 11.7 Å². The van der Waals surface area contributed by atoms with Crippen molar-refractivity contribution in [2.45, 2.75) is 12.3 Å². The van der Waals surface area contributed by atoms with Gasteiger partial charge in [-0.1, -0.05) is 42.5 Å². The Morgan fingerprint density at radius 1 is 1.07 bits per heavy atom. The number of phenolic OH excluding ortho intramolecular Hbond substituents is 1. The van der Waals surface area contributed by atoms with Crippen LogP contribution in [0.25, 0.3) is 5.76 Å². The van der Waals surface area contributed by atoms with Gasteiger partial charge < -0.3 is 24.6 Å². The Balaban J connectivity index is 2.16. The fourth-order valence-electron chi connectivity index (χ4n) is 3.27. The lowest BCUT2D eigenvalue weighted by Crippen LogP contribution is -2.38. The third kappa shape index (κ3) is 3.62. The largest absolute Gasteiger partial charge is 0.508 e. The van der Waals surface area contributed by atoms with Gasteiger partial charge in [0.05, 0.1) is 18.2 Å². The van der Waals surface area contributed by atoms with Crippen LogP contribution >= 0.6 is 0 Å². The van der Waals surface area contributed by atoms with E-state index in [1.807, 2.05) is 0 Å². The van der Waals surface area contributed by atoms with Gasteiger partial charge in [-0.25, -0.2) is 0 Å². The van der Waals surface area contributed by atoms with Crippen molar-refractivity contribution in [3.8, 4) is 5.75 Å². The predicted molar refractivity (Wildman–Crippen MR) is 101 cm³/mol. The van der Waals surface area contributed by atoms with E-state index in [9.17, 15) is 19.8 Å². The summed E-state index contributed by atoms with van der Waals surface area (Å²) in [6.07, 6.45) is -0.755. The molecule has 1 atom stereocenters. The minimum atomic E-state index is -0.889. The molecule has 28 heavy (non-hydrogen) atoms. The molecular weight excluding hydrogens is 362 g/mol. The first-order valence-electron chi connectivity index (χ1n) is 8.66. The number of likely N-dealkylation sites (tertiary alicyclic amines) is 1. The molecule has 0 aromatic heterocycles. The number of methoxy groups -OCH3 is 2. The molecule has 7 heteroatoms. The van der Waals surface area contributed by atoms with Crippen LogP contribution in [0.1, 0.15) is 17.2 Å². The van der Waals surface area contributed by atoms with Crippen LogP contribution in [-0.2, 0) is 19.1 Å². The number of phenols is 1. The summed E-state index contributed by atoms with van der Waals surface area (Å²) in [5.74, 6) is -1.87.